The van der Waals surface area contributed by atoms with Crippen LogP contribution in [0.1, 0.15) is 35.8 Å². The Morgan fingerprint density at radius 3 is 2.45 bits per heavy atom. The lowest BCUT2D eigenvalue weighted by Gasteiger charge is -2.25. The van der Waals surface area contributed by atoms with E-state index in [9.17, 15) is 4.39 Å². The number of halogens is 1. The molecule has 158 valence electrons. The predicted octanol–water partition coefficient (Wildman–Crippen LogP) is 4.92. The van der Waals surface area contributed by atoms with Crippen LogP contribution in [0.2, 0.25) is 0 Å². The van der Waals surface area contributed by atoms with Crippen LogP contribution in [-0.2, 0) is 13.1 Å². The predicted molar refractivity (Wildman–Crippen MR) is 123 cm³/mol. The molecule has 0 spiro atoms. The van der Waals surface area contributed by atoms with Crippen molar-refractivity contribution in [2.45, 2.75) is 32.0 Å². The number of rotatable bonds is 6. The number of nitrogen functional groups attached to an aromatic ring is 1. The highest BCUT2D eigenvalue weighted by atomic mass is 19.1. The Morgan fingerprint density at radius 2 is 1.71 bits per heavy atom. The summed E-state index contributed by atoms with van der Waals surface area (Å²) in [6, 6.07) is 21.2. The van der Waals surface area contributed by atoms with Gasteiger partial charge in [0, 0.05) is 24.5 Å². The van der Waals surface area contributed by atoms with E-state index in [0.29, 0.717) is 19.1 Å². The molecule has 4 aromatic rings. The zero-order valence-corrected chi connectivity index (χ0v) is 17.3. The number of aromatic amines is 1. The van der Waals surface area contributed by atoms with E-state index in [2.05, 4.69) is 33.4 Å². The second-order valence-electron chi connectivity index (χ2n) is 8.20. The van der Waals surface area contributed by atoms with Gasteiger partial charge in [0.2, 0.25) is 0 Å². The fourth-order valence-corrected chi connectivity index (χ4v) is 4.21. The third kappa shape index (κ3) is 4.39. The van der Waals surface area contributed by atoms with Gasteiger partial charge in [-0.3, -0.25) is 0 Å². The fraction of sp³-hybridized carbons (Fsp3) is 0.240. The Labute approximate surface area is 181 Å². The first-order valence-corrected chi connectivity index (χ1v) is 10.7. The number of hydrogen-bond acceptors (Lipinski definition) is 4. The van der Waals surface area contributed by atoms with Crippen LogP contribution in [0.3, 0.4) is 0 Å². The van der Waals surface area contributed by atoms with Crippen LogP contribution in [0.4, 0.5) is 15.8 Å². The first-order valence-electron chi connectivity index (χ1n) is 10.7. The van der Waals surface area contributed by atoms with Gasteiger partial charge in [0.1, 0.15) is 11.6 Å². The second kappa shape index (κ2) is 8.40. The quantitative estimate of drug-likeness (QED) is 0.391. The maximum absolute atomic E-state index is 13.5. The lowest BCUT2D eigenvalue weighted by atomic mass is 10.1. The van der Waals surface area contributed by atoms with Gasteiger partial charge in [0.25, 0.3) is 0 Å². The first-order chi connectivity index (χ1) is 15.1. The van der Waals surface area contributed by atoms with E-state index in [1.165, 1.54) is 24.1 Å². The number of nitrogens with two attached hydrogens (primary N) is 1. The minimum Gasteiger partial charge on any atom is -0.399 e. The number of nitrogens with one attached hydrogen (secondary N) is 2. The average Bonchev–Trinajstić information content (AvgIpc) is 3.45. The van der Waals surface area contributed by atoms with Gasteiger partial charge >= 0.3 is 0 Å². The molecular formula is C25H26FN5. The topological polar surface area (TPSA) is 70.0 Å². The highest BCUT2D eigenvalue weighted by molar-refractivity contribution is 5.76. The molecule has 0 aliphatic carbocycles. The van der Waals surface area contributed by atoms with E-state index in [1.807, 2.05) is 36.4 Å². The standard InChI is InChI=1S/C25H26FN5/c26-19-6-10-21(11-7-19)31(15-17-3-8-20(27)9-4-17)16-18-5-12-22-24(14-18)30-25(29-22)23-2-1-13-28-23/h3-12,14,23,28H,1-2,13,15-16,27H2,(H,29,30). The minimum absolute atomic E-state index is 0.233. The zero-order chi connectivity index (χ0) is 21.2. The Kier molecular flexibility index (Phi) is 5.30. The van der Waals surface area contributed by atoms with Crippen LogP contribution in [0.5, 0.6) is 0 Å². The summed E-state index contributed by atoms with van der Waals surface area (Å²) in [6.07, 6.45) is 2.30. The van der Waals surface area contributed by atoms with Gasteiger partial charge in [-0.1, -0.05) is 18.2 Å². The molecule has 0 radical (unpaired) electrons. The molecule has 3 aromatic carbocycles. The number of fused-ring (bicyclic) bond motifs is 1. The van der Waals surface area contributed by atoms with Crippen LogP contribution in [0.15, 0.2) is 66.7 Å². The van der Waals surface area contributed by atoms with Crippen LogP contribution in [0.25, 0.3) is 11.0 Å². The smallest absolute Gasteiger partial charge is 0.124 e. The molecule has 2 heterocycles. The summed E-state index contributed by atoms with van der Waals surface area (Å²) in [4.78, 5) is 10.5. The van der Waals surface area contributed by atoms with Gasteiger partial charge in [-0.25, -0.2) is 9.37 Å². The van der Waals surface area contributed by atoms with Crippen molar-refractivity contribution in [3.63, 3.8) is 0 Å². The highest BCUT2D eigenvalue weighted by Crippen LogP contribution is 2.26. The molecule has 4 N–H and O–H groups in total. The van der Waals surface area contributed by atoms with Crippen molar-refractivity contribution in [1.29, 1.82) is 0 Å². The SMILES string of the molecule is Nc1ccc(CN(Cc2ccc3nc(C4CCCN4)[nH]c3c2)c2ccc(F)cc2)cc1. The van der Waals surface area contributed by atoms with Gasteiger partial charge in [-0.05, 0) is 79.0 Å². The van der Waals surface area contributed by atoms with E-state index < -0.39 is 0 Å². The van der Waals surface area contributed by atoms with E-state index in [4.69, 9.17) is 10.7 Å². The number of hydrogen-bond donors (Lipinski definition) is 3. The molecule has 0 bridgehead atoms. The molecule has 0 amide bonds. The third-order valence-electron chi connectivity index (χ3n) is 5.87. The third-order valence-corrected chi connectivity index (χ3v) is 5.87. The number of imidazole rings is 1. The molecule has 5 rings (SSSR count). The molecule has 1 unspecified atom stereocenters. The maximum Gasteiger partial charge on any atom is 0.124 e. The van der Waals surface area contributed by atoms with Gasteiger partial charge < -0.3 is 20.9 Å². The Morgan fingerprint density at radius 1 is 0.968 bits per heavy atom. The van der Waals surface area contributed by atoms with E-state index >= 15 is 0 Å². The molecule has 31 heavy (non-hydrogen) atoms. The molecule has 1 saturated heterocycles. The van der Waals surface area contributed by atoms with Crippen LogP contribution in [0, 0.1) is 5.82 Å². The summed E-state index contributed by atoms with van der Waals surface area (Å²) in [5, 5.41) is 3.50. The lowest BCUT2D eigenvalue weighted by Crippen LogP contribution is -2.22. The van der Waals surface area contributed by atoms with Crippen LogP contribution < -0.4 is 16.0 Å². The fourth-order valence-electron chi connectivity index (χ4n) is 4.21. The van der Waals surface area contributed by atoms with Crippen molar-refractivity contribution >= 4 is 22.4 Å². The molecule has 1 aliphatic rings. The monoisotopic (exact) mass is 415 g/mol. The van der Waals surface area contributed by atoms with Crippen molar-refractivity contribution < 1.29 is 4.39 Å². The average molecular weight is 416 g/mol. The van der Waals surface area contributed by atoms with Crippen molar-refractivity contribution in [1.82, 2.24) is 15.3 Å². The van der Waals surface area contributed by atoms with Crippen molar-refractivity contribution in [3.05, 3.63) is 89.5 Å². The van der Waals surface area contributed by atoms with Gasteiger partial charge in [-0.15, -0.1) is 0 Å². The summed E-state index contributed by atoms with van der Waals surface area (Å²) in [6.45, 7) is 2.44. The zero-order valence-electron chi connectivity index (χ0n) is 17.3. The number of nitrogens with zero attached hydrogens (tertiary/aromatic N) is 2. The molecule has 1 aromatic heterocycles. The van der Waals surface area contributed by atoms with Crippen molar-refractivity contribution in [2.75, 3.05) is 17.2 Å². The summed E-state index contributed by atoms with van der Waals surface area (Å²) in [5.41, 5.74) is 11.9. The van der Waals surface area contributed by atoms with Crippen LogP contribution >= 0.6 is 0 Å². The number of H-pyrrole nitrogens is 1. The molecule has 1 atom stereocenters. The van der Waals surface area contributed by atoms with E-state index in [-0.39, 0.29) is 5.82 Å². The van der Waals surface area contributed by atoms with Crippen LogP contribution in [-0.4, -0.2) is 16.5 Å². The largest absolute Gasteiger partial charge is 0.399 e. The molecule has 6 heteroatoms. The normalized spacial score (nSPS) is 16.1. The van der Waals surface area contributed by atoms with Gasteiger partial charge in [-0.2, -0.15) is 0 Å². The highest BCUT2D eigenvalue weighted by Gasteiger charge is 2.19. The number of anilines is 2. The lowest BCUT2D eigenvalue weighted by molar-refractivity contribution is 0.614. The number of benzene rings is 3. The summed E-state index contributed by atoms with van der Waals surface area (Å²) in [7, 11) is 0. The Balaban J connectivity index is 1.42. The molecule has 0 saturated carbocycles. The molecular weight excluding hydrogens is 389 g/mol. The van der Waals surface area contributed by atoms with Gasteiger partial charge in [0.15, 0.2) is 0 Å². The summed E-state index contributed by atoms with van der Waals surface area (Å²) in [5.74, 6) is 0.782. The van der Waals surface area contributed by atoms with Gasteiger partial charge in [0.05, 0.1) is 17.1 Å². The van der Waals surface area contributed by atoms with E-state index in [1.54, 1.807) is 0 Å². The summed E-state index contributed by atoms with van der Waals surface area (Å²) >= 11 is 0. The molecule has 1 aliphatic heterocycles. The molecule has 1 fully saturated rings. The Hall–Kier alpha value is -3.38. The minimum atomic E-state index is -0.233. The molecule has 5 nitrogen and oxygen atoms in total. The first kappa shape index (κ1) is 19.6. The van der Waals surface area contributed by atoms with Crippen molar-refractivity contribution in [3.8, 4) is 0 Å². The summed E-state index contributed by atoms with van der Waals surface area (Å²) < 4.78 is 13.5. The Bertz CT molecular complexity index is 1160. The maximum atomic E-state index is 13.5. The second-order valence-corrected chi connectivity index (χ2v) is 8.20. The van der Waals surface area contributed by atoms with Crippen molar-refractivity contribution in [2.24, 2.45) is 0 Å². The number of aromatic nitrogens is 2. The van der Waals surface area contributed by atoms with E-state index in [0.717, 1.165) is 46.8 Å².